The first kappa shape index (κ1) is 22.3. The normalized spacial score (nSPS) is 20.9. The average molecular weight is 419 g/mol. The van der Waals surface area contributed by atoms with Crippen LogP contribution in [0.25, 0.3) is 0 Å². The number of aromatic nitrogens is 1. The number of ether oxygens (including phenoxy) is 1. The number of fused-ring (bicyclic) bond motifs is 4. The van der Waals surface area contributed by atoms with Crippen molar-refractivity contribution in [3.8, 4) is 0 Å². The maximum atomic E-state index is 12.7. The van der Waals surface area contributed by atoms with Gasteiger partial charge in [-0.2, -0.15) is 0 Å². The van der Waals surface area contributed by atoms with Gasteiger partial charge >= 0.3 is 6.03 Å². The number of piperidine rings is 1. The molecule has 3 atom stereocenters. The van der Waals surface area contributed by atoms with Crippen LogP contribution in [0.3, 0.4) is 0 Å². The van der Waals surface area contributed by atoms with Crippen LogP contribution >= 0.6 is 0 Å². The van der Waals surface area contributed by atoms with Crippen LogP contribution in [0.5, 0.6) is 0 Å². The molecule has 30 heavy (non-hydrogen) atoms. The van der Waals surface area contributed by atoms with Crippen LogP contribution in [-0.2, 0) is 16.1 Å². The van der Waals surface area contributed by atoms with Crippen molar-refractivity contribution < 1.29 is 14.3 Å². The van der Waals surface area contributed by atoms with Crippen LogP contribution in [0.1, 0.15) is 51.1 Å². The molecule has 0 unspecified atom stereocenters. The highest BCUT2D eigenvalue weighted by molar-refractivity contribution is 5.86. The Morgan fingerprint density at radius 2 is 2.00 bits per heavy atom. The highest BCUT2D eigenvalue weighted by Gasteiger charge is 2.36. The van der Waals surface area contributed by atoms with Gasteiger partial charge in [0, 0.05) is 57.1 Å². The van der Waals surface area contributed by atoms with Gasteiger partial charge in [-0.05, 0) is 38.2 Å². The number of amides is 3. The van der Waals surface area contributed by atoms with E-state index in [0.29, 0.717) is 32.8 Å². The topological polar surface area (TPSA) is 92.7 Å². The molecular formula is C22H34N4O4. The fourth-order valence-electron chi connectivity index (χ4n) is 4.29. The lowest BCUT2D eigenvalue weighted by Gasteiger charge is -2.42. The number of nitrogens with one attached hydrogen (secondary N) is 2. The molecule has 1 aromatic rings. The minimum absolute atomic E-state index is 0.0289. The van der Waals surface area contributed by atoms with E-state index < -0.39 is 6.04 Å². The van der Waals surface area contributed by atoms with Gasteiger partial charge in [0.15, 0.2) is 0 Å². The Balaban J connectivity index is 1.44. The number of carbonyl (C=O) groups is 2. The maximum absolute atomic E-state index is 12.7. The summed E-state index contributed by atoms with van der Waals surface area (Å²) in [5.74, 6) is 0.235. The summed E-state index contributed by atoms with van der Waals surface area (Å²) in [5, 5.41) is 5.67. The Kier molecular flexibility index (Phi) is 7.90. The van der Waals surface area contributed by atoms with E-state index in [0.717, 1.165) is 38.0 Å². The first-order chi connectivity index (χ1) is 14.5. The van der Waals surface area contributed by atoms with E-state index in [2.05, 4.69) is 17.6 Å². The van der Waals surface area contributed by atoms with Gasteiger partial charge in [0.2, 0.25) is 5.91 Å². The number of hydrogen-bond acceptors (Lipinski definition) is 4. The van der Waals surface area contributed by atoms with E-state index in [1.54, 1.807) is 24.0 Å². The van der Waals surface area contributed by atoms with E-state index in [1.807, 2.05) is 10.6 Å². The zero-order chi connectivity index (χ0) is 21.5. The molecule has 2 aliphatic heterocycles. The lowest BCUT2D eigenvalue weighted by Crippen LogP contribution is -2.55. The molecule has 0 aliphatic carbocycles. The summed E-state index contributed by atoms with van der Waals surface area (Å²) in [7, 11) is 0. The van der Waals surface area contributed by atoms with Crippen LogP contribution in [0.2, 0.25) is 0 Å². The lowest BCUT2D eigenvalue weighted by molar-refractivity contribution is -0.122. The molecule has 2 aliphatic rings. The number of likely N-dealkylation sites (tertiary alicyclic amines) is 1. The smallest absolute Gasteiger partial charge is 0.318 e. The van der Waals surface area contributed by atoms with Crippen molar-refractivity contribution in [2.45, 2.75) is 58.0 Å². The van der Waals surface area contributed by atoms with E-state index >= 15 is 0 Å². The molecule has 1 fully saturated rings. The molecule has 3 amide bonds. The Bertz CT molecular complexity index is 794. The highest BCUT2D eigenvalue weighted by atomic mass is 16.5. The number of carbonyl (C=O) groups excluding carboxylic acids is 2. The Morgan fingerprint density at radius 3 is 2.80 bits per heavy atom. The first-order valence-corrected chi connectivity index (χ1v) is 11.1. The third kappa shape index (κ3) is 5.62. The fraction of sp³-hybridized carbons (Fsp3) is 0.682. The summed E-state index contributed by atoms with van der Waals surface area (Å²) in [6.07, 6.45) is 3.90. The van der Waals surface area contributed by atoms with Gasteiger partial charge < -0.3 is 24.8 Å². The summed E-state index contributed by atoms with van der Waals surface area (Å²) in [5.41, 5.74) is 1.03. The molecule has 2 bridgehead atoms. The Morgan fingerprint density at radius 1 is 1.20 bits per heavy atom. The number of hydrogen-bond donors (Lipinski definition) is 2. The fourth-order valence-corrected chi connectivity index (χ4v) is 4.29. The summed E-state index contributed by atoms with van der Waals surface area (Å²) < 4.78 is 7.32. The zero-order valence-electron chi connectivity index (χ0n) is 18.1. The van der Waals surface area contributed by atoms with Crippen molar-refractivity contribution in [3.05, 3.63) is 34.2 Å². The van der Waals surface area contributed by atoms with E-state index in [1.165, 1.54) is 0 Å². The molecule has 1 aromatic heterocycles. The van der Waals surface area contributed by atoms with Crippen molar-refractivity contribution >= 4 is 11.9 Å². The highest BCUT2D eigenvalue weighted by Crippen LogP contribution is 2.34. The van der Waals surface area contributed by atoms with Crippen LogP contribution in [0.15, 0.2) is 23.0 Å². The second kappa shape index (κ2) is 10.6. The van der Waals surface area contributed by atoms with Gasteiger partial charge in [0.25, 0.3) is 5.56 Å². The summed E-state index contributed by atoms with van der Waals surface area (Å²) in [6.45, 7) is 7.55. The van der Waals surface area contributed by atoms with Crippen molar-refractivity contribution in [2.75, 3.05) is 32.8 Å². The van der Waals surface area contributed by atoms with Crippen LogP contribution in [-0.4, -0.2) is 60.3 Å². The molecule has 1 saturated heterocycles. The minimum atomic E-state index is -0.602. The molecule has 0 aromatic carbocycles. The van der Waals surface area contributed by atoms with Crippen molar-refractivity contribution in [2.24, 2.45) is 5.92 Å². The first-order valence-electron chi connectivity index (χ1n) is 11.1. The largest absolute Gasteiger partial charge is 0.381 e. The average Bonchev–Trinajstić information content (AvgIpc) is 2.73. The standard InChI is InChI=1S/C22H34N4O4/c1-3-4-10-30-11-6-9-23-21(28)16(2)24-22(29)25-13-17-12-18(15-25)19-7-5-8-20(27)26(19)14-17/h5,7-8,16-18H,3-4,6,9-15H2,1-2H3,(H,23,28)(H,24,29)/t16-,17+,18-/m0/s1. The van der Waals surface area contributed by atoms with E-state index in [9.17, 15) is 14.4 Å². The molecular weight excluding hydrogens is 384 g/mol. The number of rotatable bonds is 9. The van der Waals surface area contributed by atoms with Gasteiger partial charge in [0.1, 0.15) is 6.04 Å². The van der Waals surface area contributed by atoms with E-state index in [4.69, 9.17) is 4.74 Å². The minimum Gasteiger partial charge on any atom is -0.381 e. The summed E-state index contributed by atoms with van der Waals surface area (Å²) >= 11 is 0. The molecule has 8 nitrogen and oxygen atoms in total. The molecule has 0 spiro atoms. The van der Waals surface area contributed by atoms with Gasteiger partial charge in [-0.1, -0.05) is 19.4 Å². The van der Waals surface area contributed by atoms with Gasteiger partial charge in [-0.15, -0.1) is 0 Å². The number of pyridine rings is 1. The molecule has 166 valence electrons. The molecule has 0 saturated carbocycles. The SMILES string of the molecule is CCCCOCCCNC(=O)[C@H](C)NC(=O)N1C[C@H]2C[C@@H](C1)c1cccc(=O)n1C2. The summed E-state index contributed by atoms with van der Waals surface area (Å²) in [4.78, 5) is 38.9. The van der Waals surface area contributed by atoms with Crippen molar-refractivity contribution in [1.29, 1.82) is 0 Å². The number of urea groups is 1. The van der Waals surface area contributed by atoms with E-state index in [-0.39, 0.29) is 29.3 Å². The zero-order valence-corrected chi connectivity index (χ0v) is 18.1. The molecule has 0 radical (unpaired) electrons. The van der Waals surface area contributed by atoms with Crippen molar-refractivity contribution in [1.82, 2.24) is 20.1 Å². The van der Waals surface area contributed by atoms with Crippen LogP contribution < -0.4 is 16.2 Å². The number of nitrogens with zero attached hydrogens (tertiary/aromatic N) is 2. The monoisotopic (exact) mass is 418 g/mol. The Hall–Kier alpha value is -2.35. The predicted molar refractivity (Wildman–Crippen MR) is 114 cm³/mol. The second-order valence-electron chi connectivity index (χ2n) is 8.38. The Labute approximate surface area is 178 Å². The molecule has 8 heteroatoms. The second-order valence-corrected chi connectivity index (χ2v) is 8.38. The molecule has 2 N–H and O–H groups in total. The van der Waals surface area contributed by atoms with Gasteiger partial charge in [0.05, 0.1) is 0 Å². The van der Waals surface area contributed by atoms with Crippen molar-refractivity contribution in [3.63, 3.8) is 0 Å². The van der Waals surface area contributed by atoms with Gasteiger partial charge in [-0.25, -0.2) is 4.79 Å². The predicted octanol–water partition coefficient (Wildman–Crippen LogP) is 1.69. The quantitative estimate of drug-likeness (QED) is 0.597. The van der Waals surface area contributed by atoms with Crippen LogP contribution in [0, 0.1) is 5.92 Å². The maximum Gasteiger partial charge on any atom is 0.318 e. The van der Waals surface area contributed by atoms with Gasteiger partial charge in [-0.3, -0.25) is 9.59 Å². The molecule has 3 rings (SSSR count). The van der Waals surface area contributed by atoms with Crippen LogP contribution in [0.4, 0.5) is 4.79 Å². The third-order valence-electron chi connectivity index (χ3n) is 5.91. The summed E-state index contributed by atoms with van der Waals surface area (Å²) in [6, 6.07) is 4.53. The molecule has 3 heterocycles. The third-order valence-corrected chi connectivity index (χ3v) is 5.91. The lowest BCUT2D eigenvalue weighted by atomic mass is 9.83. The number of unbranched alkanes of at least 4 members (excludes halogenated alkanes) is 1.